The van der Waals surface area contributed by atoms with Crippen LogP contribution >= 0.6 is 0 Å². The number of methoxy groups -OCH3 is 1. The Morgan fingerprint density at radius 3 is 2.33 bits per heavy atom. The first kappa shape index (κ1) is 14.0. The summed E-state index contributed by atoms with van der Waals surface area (Å²) in [6, 6.07) is 19.7. The van der Waals surface area contributed by atoms with E-state index in [1.165, 1.54) is 36.9 Å². The predicted molar refractivity (Wildman–Crippen MR) is 88.1 cm³/mol. The molecule has 1 saturated carbocycles. The molecule has 21 heavy (non-hydrogen) atoms. The van der Waals surface area contributed by atoms with E-state index >= 15 is 0 Å². The second kappa shape index (κ2) is 6.66. The van der Waals surface area contributed by atoms with Gasteiger partial charge in [0.2, 0.25) is 0 Å². The Bertz CT molecular complexity index is 550. The van der Waals surface area contributed by atoms with Crippen molar-refractivity contribution in [3.63, 3.8) is 0 Å². The quantitative estimate of drug-likeness (QED) is 0.866. The predicted octanol–water partition coefficient (Wildman–Crippen LogP) is 4.83. The van der Waals surface area contributed by atoms with Crippen LogP contribution in [0, 0.1) is 0 Å². The third-order valence-electron chi connectivity index (χ3n) is 4.44. The van der Waals surface area contributed by atoms with Gasteiger partial charge in [-0.3, -0.25) is 0 Å². The maximum absolute atomic E-state index is 5.22. The summed E-state index contributed by atoms with van der Waals surface area (Å²) in [5.74, 6) is 1.52. The monoisotopic (exact) mass is 281 g/mol. The fourth-order valence-electron chi connectivity index (χ4n) is 3.30. The molecule has 2 aromatic carbocycles. The molecular weight excluding hydrogens is 258 g/mol. The molecule has 0 radical (unpaired) electrons. The molecule has 110 valence electrons. The average molecular weight is 281 g/mol. The van der Waals surface area contributed by atoms with Crippen molar-refractivity contribution in [3.8, 4) is 5.75 Å². The smallest absolute Gasteiger partial charge is 0.119 e. The van der Waals surface area contributed by atoms with Crippen molar-refractivity contribution in [2.75, 3.05) is 12.4 Å². The van der Waals surface area contributed by atoms with Gasteiger partial charge in [0.1, 0.15) is 5.75 Å². The third-order valence-corrected chi connectivity index (χ3v) is 4.44. The second-order valence-corrected chi connectivity index (χ2v) is 5.78. The molecule has 1 aliphatic carbocycles. The number of benzene rings is 2. The van der Waals surface area contributed by atoms with E-state index in [0.717, 1.165) is 5.75 Å². The van der Waals surface area contributed by atoms with E-state index < -0.39 is 0 Å². The van der Waals surface area contributed by atoms with Crippen molar-refractivity contribution in [3.05, 3.63) is 60.2 Å². The molecule has 1 aliphatic rings. The van der Waals surface area contributed by atoms with Crippen LogP contribution in [0.15, 0.2) is 54.6 Å². The van der Waals surface area contributed by atoms with Gasteiger partial charge in [-0.15, -0.1) is 0 Å². The van der Waals surface area contributed by atoms with Crippen molar-refractivity contribution in [2.45, 2.75) is 37.6 Å². The van der Waals surface area contributed by atoms with Crippen molar-refractivity contribution in [1.29, 1.82) is 0 Å². The summed E-state index contributed by atoms with van der Waals surface area (Å²) in [7, 11) is 1.70. The Kier molecular flexibility index (Phi) is 4.44. The summed E-state index contributed by atoms with van der Waals surface area (Å²) in [4.78, 5) is 0. The lowest BCUT2D eigenvalue weighted by Gasteiger charge is -2.33. The summed E-state index contributed by atoms with van der Waals surface area (Å²) < 4.78 is 5.22. The highest BCUT2D eigenvalue weighted by atomic mass is 16.5. The molecule has 0 aliphatic heterocycles. The van der Waals surface area contributed by atoms with Crippen LogP contribution in [0.25, 0.3) is 0 Å². The van der Waals surface area contributed by atoms with Gasteiger partial charge in [0.25, 0.3) is 0 Å². The summed E-state index contributed by atoms with van der Waals surface area (Å²) >= 11 is 0. The highest BCUT2D eigenvalue weighted by Gasteiger charge is 2.26. The standard InChI is InChI=1S/C19H23NO/c1-21-17-13-11-16(12-14-17)20-19-10-6-5-9-18(19)15-7-3-2-4-8-15/h2-4,7-8,11-14,18-20H,5-6,9-10H2,1H3/t18-,19-/m1/s1. The molecule has 1 fully saturated rings. The van der Waals surface area contributed by atoms with Gasteiger partial charge < -0.3 is 10.1 Å². The van der Waals surface area contributed by atoms with Gasteiger partial charge in [0.05, 0.1) is 7.11 Å². The summed E-state index contributed by atoms with van der Waals surface area (Å²) in [6.07, 6.45) is 5.17. The van der Waals surface area contributed by atoms with Gasteiger partial charge in [0.15, 0.2) is 0 Å². The average Bonchev–Trinajstić information content (AvgIpc) is 2.57. The molecule has 2 heteroatoms. The topological polar surface area (TPSA) is 21.3 Å². The number of hydrogen-bond acceptors (Lipinski definition) is 2. The van der Waals surface area contributed by atoms with Gasteiger partial charge in [-0.05, 0) is 42.7 Å². The maximum Gasteiger partial charge on any atom is 0.119 e. The molecule has 0 amide bonds. The largest absolute Gasteiger partial charge is 0.497 e. The van der Waals surface area contributed by atoms with E-state index in [1.807, 2.05) is 12.1 Å². The van der Waals surface area contributed by atoms with E-state index in [2.05, 4.69) is 47.8 Å². The summed E-state index contributed by atoms with van der Waals surface area (Å²) in [5, 5.41) is 3.73. The van der Waals surface area contributed by atoms with Crippen LogP contribution in [0.5, 0.6) is 5.75 Å². The molecule has 1 N–H and O–H groups in total. The van der Waals surface area contributed by atoms with E-state index in [1.54, 1.807) is 7.11 Å². The zero-order chi connectivity index (χ0) is 14.5. The number of hydrogen-bond donors (Lipinski definition) is 1. The van der Waals surface area contributed by atoms with E-state index in [4.69, 9.17) is 4.74 Å². The van der Waals surface area contributed by atoms with Crippen LogP contribution in [0.2, 0.25) is 0 Å². The number of anilines is 1. The summed E-state index contributed by atoms with van der Waals surface area (Å²) in [6.45, 7) is 0. The lowest BCUT2D eigenvalue weighted by Crippen LogP contribution is -2.30. The van der Waals surface area contributed by atoms with Crippen LogP contribution in [0.4, 0.5) is 5.69 Å². The fraction of sp³-hybridized carbons (Fsp3) is 0.368. The molecule has 0 unspecified atom stereocenters. The third kappa shape index (κ3) is 3.38. The molecule has 0 spiro atoms. The molecule has 3 rings (SSSR count). The Labute approximate surface area is 127 Å². The lowest BCUT2D eigenvalue weighted by molar-refractivity contribution is 0.404. The van der Waals surface area contributed by atoms with Crippen LogP contribution in [0.1, 0.15) is 37.2 Å². The van der Waals surface area contributed by atoms with Gasteiger partial charge >= 0.3 is 0 Å². The molecule has 0 aromatic heterocycles. The summed E-state index contributed by atoms with van der Waals surface area (Å²) in [5.41, 5.74) is 2.65. The molecule has 0 bridgehead atoms. The normalized spacial score (nSPS) is 21.8. The molecule has 2 nitrogen and oxygen atoms in total. The first-order valence-electron chi connectivity index (χ1n) is 7.82. The lowest BCUT2D eigenvalue weighted by atomic mass is 9.80. The van der Waals surface area contributed by atoms with Crippen molar-refractivity contribution in [2.24, 2.45) is 0 Å². The molecule has 0 heterocycles. The van der Waals surface area contributed by atoms with Gasteiger partial charge in [-0.25, -0.2) is 0 Å². The molecule has 2 aromatic rings. The van der Waals surface area contributed by atoms with E-state index in [-0.39, 0.29) is 0 Å². The first-order valence-corrected chi connectivity index (χ1v) is 7.82. The molecular formula is C19H23NO. The minimum absolute atomic E-state index is 0.523. The number of nitrogens with one attached hydrogen (secondary N) is 1. The van der Waals surface area contributed by atoms with Crippen LogP contribution in [0.3, 0.4) is 0 Å². The highest BCUT2D eigenvalue weighted by Crippen LogP contribution is 2.35. The highest BCUT2D eigenvalue weighted by molar-refractivity contribution is 5.48. The first-order chi connectivity index (χ1) is 10.4. The zero-order valence-corrected chi connectivity index (χ0v) is 12.6. The van der Waals surface area contributed by atoms with Crippen LogP contribution in [-0.4, -0.2) is 13.2 Å². The second-order valence-electron chi connectivity index (χ2n) is 5.78. The molecule has 2 atom stereocenters. The fourth-order valence-corrected chi connectivity index (χ4v) is 3.30. The van der Waals surface area contributed by atoms with Crippen molar-refractivity contribution >= 4 is 5.69 Å². The Morgan fingerprint density at radius 1 is 0.905 bits per heavy atom. The van der Waals surface area contributed by atoms with E-state index in [9.17, 15) is 0 Å². The number of rotatable bonds is 4. The maximum atomic E-state index is 5.22. The van der Waals surface area contributed by atoms with Gasteiger partial charge in [-0.2, -0.15) is 0 Å². The minimum Gasteiger partial charge on any atom is -0.497 e. The number of ether oxygens (including phenoxy) is 1. The van der Waals surface area contributed by atoms with Crippen LogP contribution in [-0.2, 0) is 0 Å². The minimum atomic E-state index is 0.523. The van der Waals surface area contributed by atoms with Gasteiger partial charge in [0, 0.05) is 17.6 Å². The Hall–Kier alpha value is -1.96. The van der Waals surface area contributed by atoms with Crippen LogP contribution < -0.4 is 10.1 Å². The van der Waals surface area contributed by atoms with E-state index in [0.29, 0.717) is 12.0 Å². The molecule has 0 saturated heterocycles. The Balaban J connectivity index is 1.75. The van der Waals surface area contributed by atoms with Crippen molar-refractivity contribution in [1.82, 2.24) is 0 Å². The van der Waals surface area contributed by atoms with Gasteiger partial charge in [-0.1, -0.05) is 43.2 Å². The Morgan fingerprint density at radius 2 is 1.62 bits per heavy atom. The van der Waals surface area contributed by atoms with Crippen molar-refractivity contribution < 1.29 is 4.74 Å². The zero-order valence-electron chi connectivity index (χ0n) is 12.6. The SMILES string of the molecule is COc1ccc(N[C@@H]2CCCC[C@@H]2c2ccccc2)cc1.